The number of carbonyl (C=O) groups is 2. The summed E-state index contributed by atoms with van der Waals surface area (Å²) < 4.78 is 0. The molecule has 0 unspecified atom stereocenters. The third-order valence-corrected chi connectivity index (χ3v) is 3.95. The van der Waals surface area contributed by atoms with Crippen molar-refractivity contribution in [3.8, 4) is 0 Å². The number of aliphatic carboxylic acids is 1. The quantitative estimate of drug-likeness (QED) is 0.711. The van der Waals surface area contributed by atoms with Gasteiger partial charge in [0.25, 0.3) is 0 Å². The molecule has 1 aliphatic rings. The summed E-state index contributed by atoms with van der Waals surface area (Å²) in [5, 5.41) is 11.6. The Morgan fingerprint density at radius 1 is 1.26 bits per heavy atom. The van der Waals surface area contributed by atoms with Crippen LogP contribution in [0.3, 0.4) is 0 Å². The molecule has 1 rings (SSSR count). The van der Waals surface area contributed by atoms with Crippen LogP contribution >= 0.6 is 0 Å². The number of rotatable bonds is 8. The van der Waals surface area contributed by atoms with Crippen molar-refractivity contribution >= 4 is 11.9 Å². The molecule has 1 atom stereocenters. The monoisotopic (exact) mass is 269 g/mol. The third kappa shape index (κ3) is 6.60. The Morgan fingerprint density at radius 3 is 2.53 bits per heavy atom. The van der Waals surface area contributed by atoms with Crippen molar-refractivity contribution in [2.24, 2.45) is 5.92 Å². The van der Waals surface area contributed by atoms with Gasteiger partial charge in [0.05, 0.1) is 0 Å². The van der Waals surface area contributed by atoms with Gasteiger partial charge in [-0.15, -0.1) is 0 Å². The standard InChI is InChI=1S/C15H27NO3/c1-2-7-13(15(18)19)16-14(17)11-6-10-12-8-4-3-5-9-12/h12-13H,2-11H2,1H3,(H,16,17)(H,18,19)/t13-/m0/s1. The molecular formula is C15H27NO3. The zero-order valence-electron chi connectivity index (χ0n) is 12.0. The van der Waals surface area contributed by atoms with E-state index in [2.05, 4.69) is 5.32 Å². The lowest BCUT2D eigenvalue weighted by Gasteiger charge is -2.21. The third-order valence-electron chi connectivity index (χ3n) is 3.95. The molecule has 0 spiro atoms. The smallest absolute Gasteiger partial charge is 0.326 e. The Labute approximate surface area is 116 Å². The molecular weight excluding hydrogens is 242 g/mol. The van der Waals surface area contributed by atoms with Crippen LogP contribution in [0.1, 0.15) is 71.1 Å². The SMILES string of the molecule is CCC[C@H](NC(=O)CCCC1CCCCC1)C(=O)O. The van der Waals surface area contributed by atoms with E-state index in [1.807, 2.05) is 6.92 Å². The minimum atomic E-state index is -0.928. The first kappa shape index (κ1) is 16.0. The van der Waals surface area contributed by atoms with E-state index in [4.69, 9.17) is 5.11 Å². The van der Waals surface area contributed by atoms with E-state index in [0.717, 1.165) is 25.2 Å². The van der Waals surface area contributed by atoms with E-state index in [0.29, 0.717) is 12.8 Å². The van der Waals surface area contributed by atoms with Crippen LogP contribution in [0.2, 0.25) is 0 Å². The Balaban J connectivity index is 2.17. The average molecular weight is 269 g/mol. The maximum atomic E-state index is 11.7. The minimum absolute atomic E-state index is 0.114. The molecule has 0 saturated heterocycles. The van der Waals surface area contributed by atoms with Crippen LogP contribution in [-0.4, -0.2) is 23.0 Å². The predicted octanol–water partition coefficient (Wildman–Crippen LogP) is 3.11. The van der Waals surface area contributed by atoms with Crippen LogP contribution in [0.4, 0.5) is 0 Å². The number of carbonyl (C=O) groups excluding carboxylic acids is 1. The molecule has 0 aromatic carbocycles. The summed E-state index contributed by atoms with van der Waals surface area (Å²) in [5.41, 5.74) is 0. The van der Waals surface area contributed by atoms with E-state index in [1.54, 1.807) is 0 Å². The van der Waals surface area contributed by atoms with Crippen molar-refractivity contribution < 1.29 is 14.7 Å². The van der Waals surface area contributed by atoms with Crippen LogP contribution in [-0.2, 0) is 9.59 Å². The summed E-state index contributed by atoms with van der Waals surface area (Å²) in [6.07, 6.45) is 10.3. The minimum Gasteiger partial charge on any atom is -0.480 e. The van der Waals surface area contributed by atoms with Gasteiger partial charge in [0.2, 0.25) is 5.91 Å². The molecule has 1 saturated carbocycles. The molecule has 4 nitrogen and oxygen atoms in total. The molecule has 0 heterocycles. The van der Waals surface area contributed by atoms with Crippen LogP contribution in [0.25, 0.3) is 0 Å². The van der Waals surface area contributed by atoms with Gasteiger partial charge < -0.3 is 10.4 Å². The second-order valence-electron chi connectivity index (χ2n) is 5.64. The molecule has 1 amide bonds. The first-order valence-electron chi connectivity index (χ1n) is 7.65. The van der Waals surface area contributed by atoms with Crippen LogP contribution in [0, 0.1) is 5.92 Å². The van der Waals surface area contributed by atoms with Gasteiger partial charge >= 0.3 is 5.97 Å². The van der Waals surface area contributed by atoms with Crippen molar-refractivity contribution in [3.63, 3.8) is 0 Å². The normalized spacial score (nSPS) is 17.9. The lowest BCUT2D eigenvalue weighted by Crippen LogP contribution is -2.40. The zero-order valence-corrected chi connectivity index (χ0v) is 12.0. The number of nitrogens with one attached hydrogen (secondary N) is 1. The van der Waals surface area contributed by atoms with Crippen LogP contribution in [0.15, 0.2) is 0 Å². The molecule has 110 valence electrons. The molecule has 0 radical (unpaired) electrons. The van der Waals surface area contributed by atoms with Gasteiger partial charge in [-0.25, -0.2) is 4.79 Å². The molecule has 0 aliphatic heterocycles. The highest BCUT2D eigenvalue weighted by molar-refractivity contribution is 5.83. The van der Waals surface area contributed by atoms with Gasteiger partial charge in [0.15, 0.2) is 0 Å². The summed E-state index contributed by atoms with van der Waals surface area (Å²) in [6.45, 7) is 1.92. The van der Waals surface area contributed by atoms with Crippen molar-refractivity contribution in [1.82, 2.24) is 5.32 Å². The molecule has 1 aliphatic carbocycles. The maximum absolute atomic E-state index is 11.7. The Morgan fingerprint density at radius 2 is 1.95 bits per heavy atom. The molecule has 2 N–H and O–H groups in total. The summed E-state index contributed by atoms with van der Waals surface area (Å²) in [4.78, 5) is 22.6. The molecule has 4 heteroatoms. The molecule has 1 fully saturated rings. The van der Waals surface area contributed by atoms with Crippen molar-refractivity contribution in [2.45, 2.75) is 77.2 Å². The summed E-state index contributed by atoms with van der Waals surface area (Å²) >= 11 is 0. The van der Waals surface area contributed by atoms with Gasteiger partial charge in [0.1, 0.15) is 6.04 Å². The Bertz CT molecular complexity index is 285. The van der Waals surface area contributed by atoms with Crippen molar-refractivity contribution in [3.05, 3.63) is 0 Å². The summed E-state index contributed by atoms with van der Waals surface area (Å²) in [6, 6.07) is -0.716. The zero-order chi connectivity index (χ0) is 14.1. The number of amides is 1. The number of carboxylic acid groups (broad SMARTS) is 1. The Kier molecular flexibility index (Phi) is 7.53. The fourth-order valence-corrected chi connectivity index (χ4v) is 2.84. The van der Waals surface area contributed by atoms with E-state index >= 15 is 0 Å². The second-order valence-corrected chi connectivity index (χ2v) is 5.64. The molecule has 0 aromatic rings. The first-order chi connectivity index (χ1) is 9.13. The van der Waals surface area contributed by atoms with E-state index in [1.165, 1.54) is 32.1 Å². The summed E-state index contributed by atoms with van der Waals surface area (Å²) in [7, 11) is 0. The Hall–Kier alpha value is -1.06. The number of carboxylic acids is 1. The van der Waals surface area contributed by atoms with Crippen molar-refractivity contribution in [1.29, 1.82) is 0 Å². The number of hydrogen-bond donors (Lipinski definition) is 2. The molecule has 19 heavy (non-hydrogen) atoms. The number of hydrogen-bond acceptors (Lipinski definition) is 2. The maximum Gasteiger partial charge on any atom is 0.326 e. The topological polar surface area (TPSA) is 66.4 Å². The fourth-order valence-electron chi connectivity index (χ4n) is 2.84. The highest BCUT2D eigenvalue weighted by atomic mass is 16.4. The van der Waals surface area contributed by atoms with E-state index in [9.17, 15) is 9.59 Å². The molecule has 0 bridgehead atoms. The first-order valence-corrected chi connectivity index (χ1v) is 7.65. The largest absolute Gasteiger partial charge is 0.480 e. The highest BCUT2D eigenvalue weighted by Gasteiger charge is 2.19. The van der Waals surface area contributed by atoms with Gasteiger partial charge in [-0.3, -0.25) is 4.79 Å². The average Bonchev–Trinajstić information content (AvgIpc) is 2.39. The van der Waals surface area contributed by atoms with Gasteiger partial charge in [-0.1, -0.05) is 45.4 Å². The van der Waals surface area contributed by atoms with Crippen LogP contribution < -0.4 is 5.32 Å². The predicted molar refractivity (Wildman–Crippen MR) is 74.9 cm³/mol. The van der Waals surface area contributed by atoms with Gasteiger partial charge in [0, 0.05) is 6.42 Å². The summed E-state index contributed by atoms with van der Waals surface area (Å²) in [5.74, 6) is -0.258. The fraction of sp³-hybridized carbons (Fsp3) is 0.867. The lowest BCUT2D eigenvalue weighted by atomic mass is 9.86. The molecule has 0 aromatic heterocycles. The second kappa shape index (κ2) is 8.94. The lowest BCUT2D eigenvalue weighted by molar-refractivity contribution is -0.142. The highest BCUT2D eigenvalue weighted by Crippen LogP contribution is 2.27. The van der Waals surface area contributed by atoms with Gasteiger partial charge in [-0.05, 0) is 25.2 Å². The van der Waals surface area contributed by atoms with Gasteiger partial charge in [-0.2, -0.15) is 0 Å². The van der Waals surface area contributed by atoms with Crippen LogP contribution in [0.5, 0.6) is 0 Å². The van der Waals surface area contributed by atoms with E-state index < -0.39 is 12.0 Å². The van der Waals surface area contributed by atoms with E-state index in [-0.39, 0.29) is 5.91 Å². The van der Waals surface area contributed by atoms with Crippen molar-refractivity contribution in [2.75, 3.05) is 0 Å².